The number of amides is 2. The summed E-state index contributed by atoms with van der Waals surface area (Å²) >= 11 is 1.61. The number of aromatic nitrogens is 4. The van der Waals surface area contributed by atoms with Crippen molar-refractivity contribution in [2.45, 2.75) is 128 Å². The molecule has 3 fully saturated rings. The number of aryl methyl sites for hydroxylation is 1. The number of anilines is 1. The van der Waals surface area contributed by atoms with E-state index in [1.807, 2.05) is 63.5 Å². The van der Waals surface area contributed by atoms with Gasteiger partial charge in [0, 0.05) is 61.2 Å². The van der Waals surface area contributed by atoms with Crippen molar-refractivity contribution in [1.82, 2.24) is 40.4 Å². The lowest BCUT2D eigenvalue weighted by molar-refractivity contribution is -0.141. The second-order valence-electron chi connectivity index (χ2n) is 21.9. The molecule has 1 spiro atoms. The lowest BCUT2D eigenvalue weighted by atomic mass is 9.74. The molecule has 0 saturated carbocycles. The van der Waals surface area contributed by atoms with Crippen LogP contribution in [-0.2, 0) is 19.4 Å². The number of likely N-dealkylation sites (tertiary alicyclic amines) is 3. The van der Waals surface area contributed by atoms with Crippen LogP contribution in [0.25, 0.3) is 21.7 Å². The Balaban J connectivity index is 0.799. The Bertz CT molecular complexity index is 2640. The third kappa shape index (κ3) is 10.3. The second kappa shape index (κ2) is 20.1. The van der Waals surface area contributed by atoms with Crippen LogP contribution in [0, 0.1) is 12.8 Å². The summed E-state index contributed by atoms with van der Waals surface area (Å²) in [6.45, 7) is 25.4. The number of piperidine rings is 1. The molecule has 7 heterocycles. The Morgan fingerprint density at radius 2 is 1.79 bits per heavy atom. The zero-order chi connectivity index (χ0) is 49.5. The number of hydrogen-bond donors (Lipinski definition) is 3. The molecule has 374 valence electrons. The number of fused-ring (bicyclic) bond motifs is 2. The van der Waals surface area contributed by atoms with E-state index >= 15 is 0 Å². The summed E-state index contributed by atoms with van der Waals surface area (Å²) in [5.74, 6) is 0.664. The summed E-state index contributed by atoms with van der Waals surface area (Å²) in [6.07, 6.45) is 3.31. The van der Waals surface area contributed by atoms with E-state index in [1.54, 1.807) is 28.4 Å². The van der Waals surface area contributed by atoms with Crippen molar-refractivity contribution in [3.8, 4) is 33.3 Å². The van der Waals surface area contributed by atoms with Crippen LogP contribution in [0.3, 0.4) is 0 Å². The molecular weight excluding hydrogens is 919 g/mol. The van der Waals surface area contributed by atoms with Gasteiger partial charge in [-0.3, -0.25) is 19.4 Å². The predicted molar refractivity (Wildman–Crippen MR) is 276 cm³/mol. The first-order chi connectivity index (χ1) is 33.4. The molecule has 4 aliphatic heterocycles. The van der Waals surface area contributed by atoms with Gasteiger partial charge in [0.15, 0.2) is 19.9 Å². The van der Waals surface area contributed by atoms with Crippen LogP contribution in [0.1, 0.15) is 102 Å². The molecule has 0 aliphatic carbocycles. The first-order valence-corrected chi connectivity index (χ1v) is 28.9. The van der Waals surface area contributed by atoms with Crippen LogP contribution in [0.2, 0.25) is 18.1 Å². The molecule has 0 radical (unpaired) electrons. The van der Waals surface area contributed by atoms with Gasteiger partial charge in [-0.05, 0) is 111 Å². The number of carbonyl (C=O) groups is 2. The number of carbonyl (C=O) groups excluding carboxylic acids is 2. The number of phenols is 1. The molecule has 3 N–H and O–H groups in total. The number of benzene rings is 2. The standard InChI is InChI=1S/C53H71N9O6SSi/c1-33(2)47(51(65)62-30-39(68-70(8,9)52(5,6)7)26-43(62)50(64)56-34(3)36-14-16-37(17-15-36)48-35(4)55-32-69-48)45-28-46(59-67-45)66-25-24-60-21-18-38(29-60)61-22-19-53(20-23-61)31-54-49-41(53)27-42(57-58-49)40-12-10-11-13-44(40)63/h10-17,27-28,32-34,38-39,43,47,63H,18-26,29-31H2,1-9H3,(H,54,58)(H,56,64)/t34-,38?,39+,43-,47+/m0/s1. The topological polar surface area (TPSA) is 171 Å². The minimum absolute atomic E-state index is 0.00415. The number of phenolic OH excluding ortho intramolecular Hbond substituents is 1. The molecule has 3 aromatic heterocycles. The summed E-state index contributed by atoms with van der Waals surface area (Å²) in [6, 6.07) is 18.9. The molecule has 0 bridgehead atoms. The van der Waals surface area contributed by atoms with Crippen molar-refractivity contribution in [3.05, 3.63) is 88.8 Å². The van der Waals surface area contributed by atoms with Crippen molar-refractivity contribution in [2.75, 3.05) is 57.7 Å². The number of thiazole rings is 1. The highest BCUT2D eigenvalue weighted by Crippen LogP contribution is 2.45. The summed E-state index contributed by atoms with van der Waals surface area (Å²) in [5, 5.41) is 30.5. The molecule has 17 heteroatoms. The Labute approximate surface area is 417 Å². The number of para-hydroxylation sites is 1. The SMILES string of the molecule is Cc1ncsc1-c1ccc([C@H](C)NC(=O)[C@@H]2C[C@@H](O[Si](C)(C)C(C)(C)C)CN2C(=O)[C@@H](c2cc(OCCN3CCC(N4CCC5(CC4)CNc4nnc(-c6ccccc6O)cc45)C3)no2)C(C)C)cc1. The summed E-state index contributed by atoms with van der Waals surface area (Å²) < 4.78 is 19.0. The van der Waals surface area contributed by atoms with Crippen molar-refractivity contribution < 1.29 is 28.4 Å². The predicted octanol–water partition coefficient (Wildman–Crippen LogP) is 8.79. The number of nitrogens with one attached hydrogen (secondary N) is 2. The Morgan fingerprint density at radius 3 is 2.49 bits per heavy atom. The van der Waals surface area contributed by atoms with Crippen LogP contribution < -0.4 is 15.4 Å². The van der Waals surface area contributed by atoms with Gasteiger partial charge < -0.3 is 34.3 Å². The summed E-state index contributed by atoms with van der Waals surface area (Å²) in [4.78, 5) is 41.6. The van der Waals surface area contributed by atoms with Crippen LogP contribution >= 0.6 is 11.3 Å². The fourth-order valence-electron chi connectivity index (χ4n) is 10.7. The molecule has 9 rings (SSSR count). The molecular formula is C53H71N9O6SSi. The van der Waals surface area contributed by atoms with E-state index in [1.165, 1.54) is 5.56 Å². The van der Waals surface area contributed by atoms with Gasteiger partial charge >= 0.3 is 0 Å². The monoisotopic (exact) mass is 990 g/mol. The number of ether oxygens (including phenoxy) is 1. The van der Waals surface area contributed by atoms with Crippen molar-refractivity contribution >= 4 is 37.3 Å². The molecule has 1 unspecified atom stereocenters. The number of aromatic hydroxyl groups is 1. The summed E-state index contributed by atoms with van der Waals surface area (Å²) in [5.41, 5.74) is 7.54. The third-order valence-electron chi connectivity index (χ3n) is 16.0. The van der Waals surface area contributed by atoms with Gasteiger partial charge in [-0.2, -0.15) is 0 Å². The van der Waals surface area contributed by atoms with Gasteiger partial charge in [-0.1, -0.05) is 71.0 Å². The lowest BCUT2D eigenvalue weighted by Crippen LogP contribution is -2.48. The maximum Gasteiger partial charge on any atom is 0.254 e. The zero-order valence-corrected chi connectivity index (χ0v) is 44.1. The maximum absolute atomic E-state index is 14.8. The highest BCUT2D eigenvalue weighted by Gasteiger charge is 2.48. The Kier molecular flexibility index (Phi) is 14.3. The molecule has 70 heavy (non-hydrogen) atoms. The van der Waals surface area contributed by atoms with Gasteiger partial charge in [-0.15, -0.1) is 21.5 Å². The second-order valence-corrected chi connectivity index (χ2v) is 27.5. The first-order valence-electron chi connectivity index (χ1n) is 25.1. The summed E-state index contributed by atoms with van der Waals surface area (Å²) in [7, 11) is -2.23. The number of nitrogens with zero attached hydrogens (tertiary/aromatic N) is 7. The van der Waals surface area contributed by atoms with Crippen LogP contribution in [-0.4, -0.2) is 131 Å². The van der Waals surface area contributed by atoms with E-state index in [0.717, 1.165) is 86.0 Å². The minimum atomic E-state index is -2.23. The van der Waals surface area contributed by atoms with Gasteiger partial charge in [0.1, 0.15) is 24.3 Å². The Morgan fingerprint density at radius 1 is 1.03 bits per heavy atom. The maximum atomic E-state index is 14.8. The number of rotatable bonds is 15. The minimum Gasteiger partial charge on any atom is -0.507 e. The highest BCUT2D eigenvalue weighted by molar-refractivity contribution is 7.13. The van der Waals surface area contributed by atoms with Gasteiger partial charge in [-0.25, -0.2) is 4.98 Å². The molecule has 5 atom stereocenters. The fourth-order valence-corrected chi connectivity index (χ4v) is 12.9. The van der Waals surface area contributed by atoms with Gasteiger partial charge in [0.25, 0.3) is 5.88 Å². The van der Waals surface area contributed by atoms with E-state index in [0.29, 0.717) is 48.5 Å². The molecule has 3 saturated heterocycles. The van der Waals surface area contributed by atoms with Crippen LogP contribution in [0.4, 0.5) is 5.82 Å². The van der Waals surface area contributed by atoms with E-state index in [9.17, 15) is 14.7 Å². The molecule has 2 aromatic carbocycles. The average molecular weight is 990 g/mol. The number of hydrogen-bond acceptors (Lipinski definition) is 14. The highest BCUT2D eigenvalue weighted by atomic mass is 32.1. The van der Waals surface area contributed by atoms with Crippen LogP contribution in [0.15, 0.2) is 70.7 Å². The van der Waals surface area contributed by atoms with Gasteiger partial charge in [0.2, 0.25) is 11.8 Å². The quantitative estimate of drug-likeness (QED) is 0.0852. The van der Waals surface area contributed by atoms with E-state index < -0.39 is 20.3 Å². The Hall–Kier alpha value is -5.20. The normalized spacial score (nSPS) is 21.5. The zero-order valence-electron chi connectivity index (χ0n) is 42.3. The van der Waals surface area contributed by atoms with Crippen molar-refractivity contribution in [1.29, 1.82) is 0 Å². The third-order valence-corrected chi connectivity index (χ3v) is 21.5. The molecule has 15 nitrogen and oxygen atoms in total. The van der Waals surface area contributed by atoms with Crippen molar-refractivity contribution in [3.63, 3.8) is 0 Å². The lowest BCUT2D eigenvalue weighted by Gasteiger charge is -2.41. The van der Waals surface area contributed by atoms with Crippen molar-refractivity contribution in [2.24, 2.45) is 5.92 Å². The van der Waals surface area contributed by atoms with E-state index in [4.69, 9.17) is 13.7 Å². The fraction of sp³-hybridized carbons (Fsp3) is 0.547. The van der Waals surface area contributed by atoms with E-state index in [-0.39, 0.29) is 46.1 Å². The van der Waals surface area contributed by atoms with Gasteiger partial charge in [0.05, 0.1) is 33.9 Å². The molecule has 4 aliphatic rings. The first kappa shape index (κ1) is 49.8. The average Bonchev–Trinajstić information content (AvgIpc) is 4.19. The van der Waals surface area contributed by atoms with Crippen LogP contribution in [0.5, 0.6) is 11.6 Å². The molecule has 2 amide bonds. The molecule has 5 aromatic rings. The largest absolute Gasteiger partial charge is 0.507 e. The van der Waals surface area contributed by atoms with E-state index in [2.05, 4.69) is 92.8 Å². The smallest absolute Gasteiger partial charge is 0.254 e.